The maximum Gasteiger partial charge on any atom is 0.264 e. The molecule has 0 radical (unpaired) electrons. The number of nitrogens with zero attached hydrogens (tertiary/aromatic N) is 5. The maximum absolute atomic E-state index is 12.3. The van der Waals surface area contributed by atoms with E-state index in [-0.39, 0.29) is 28.2 Å². The molecule has 6 N–H and O–H groups in total. The molecule has 0 saturated heterocycles. The lowest BCUT2D eigenvalue weighted by atomic mass is 10.3. The van der Waals surface area contributed by atoms with Crippen molar-refractivity contribution in [3.05, 3.63) is 42.7 Å². The molecule has 12 heteroatoms. The lowest BCUT2D eigenvalue weighted by Crippen LogP contribution is -2.14. The molecule has 0 bridgehead atoms. The summed E-state index contributed by atoms with van der Waals surface area (Å²) in [5.41, 5.74) is 11.8. The predicted octanol–water partition coefficient (Wildman–Crippen LogP) is 1.58. The van der Waals surface area contributed by atoms with Crippen LogP contribution in [0.3, 0.4) is 0 Å². The van der Waals surface area contributed by atoms with Crippen LogP contribution in [0.5, 0.6) is 0 Å². The predicted molar refractivity (Wildman–Crippen MR) is 90.9 cm³/mol. The normalized spacial score (nSPS) is 11.7. The van der Waals surface area contributed by atoms with Crippen LogP contribution >= 0.6 is 0 Å². The number of azo groups is 1. The number of nitrogens with one attached hydrogen (secondary N) is 2. The van der Waals surface area contributed by atoms with Gasteiger partial charge in [0.25, 0.3) is 10.0 Å². The van der Waals surface area contributed by atoms with E-state index >= 15 is 0 Å². The van der Waals surface area contributed by atoms with Gasteiger partial charge in [0.15, 0.2) is 11.5 Å². The Morgan fingerprint density at radius 3 is 2.32 bits per heavy atom. The van der Waals surface area contributed by atoms with Crippen LogP contribution in [-0.2, 0) is 10.0 Å². The molecule has 0 saturated carbocycles. The molecule has 0 amide bonds. The minimum absolute atomic E-state index is 0.0165. The van der Waals surface area contributed by atoms with Gasteiger partial charge in [-0.25, -0.2) is 23.1 Å². The van der Waals surface area contributed by atoms with E-state index in [0.29, 0.717) is 5.69 Å². The monoisotopic (exact) mass is 359 g/mol. The number of hydrogen-bond acceptors (Lipinski definition) is 9. The fourth-order valence-electron chi connectivity index (χ4n) is 1.80. The summed E-state index contributed by atoms with van der Waals surface area (Å²) < 4.78 is 26.8. The van der Waals surface area contributed by atoms with Crippen LogP contribution in [0.1, 0.15) is 0 Å². The zero-order valence-corrected chi connectivity index (χ0v) is 13.5. The zero-order chi connectivity index (χ0) is 17.9. The Labute approximate surface area is 142 Å². The highest BCUT2D eigenvalue weighted by Crippen LogP contribution is 2.28. The van der Waals surface area contributed by atoms with Crippen molar-refractivity contribution in [2.24, 2.45) is 10.2 Å². The second-order valence-corrected chi connectivity index (χ2v) is 6.43. The number of aromatic amines is 1. The zero-order valence-electron chi connectivity index (χ0n) is 12.7. The first kappa shape index (κ1) is 16.3. The highest BCUT2D eigenvalue weighted by molar-refractivity contribution is 7.92. The second-order valence-electron chi connectivity index (χ2n) is 4.74. The van der Waals surface area contributed by atoms with E-state index < -0.39 is 10.0 Å². The number of nitrogen functional groups attached to an aromatic ring is 2. The fourth-order valence-corrected chi connectivity index (χ4v) is 2.76. The summed E-state index contributed by atoms with van der Waals surface area (Å²) in [6, 6.07) is 7.30. The van der Waals surface area contributed by atoms with Crippen LogP contribution in [0, 0.1) is 0 Å². The molecule has 0 aliphatic rings. The number of sulfonamides is 1. The van der Waals surface area contributed by atoms with Crippen LogP contribution in [0.2, 0.25) is 0 Å². The molecule has 0 atom stereocenters. The summed E-state index contributed by atoms with van der Waals surface area (Å²) in [6.07, 6.45) is 2.86. The number of anilines is 3. The van der Waals surface area contributed by atoms with Crippen molar-refractivity contribution in [2.75, 3.05) is 16.2 Å². The van der Waals surface area contributed by atoms with Gasteiger partial charge in [0.2, 0.25) is 5.95 Å². The van der Waals surface area contributed by atoms with Crippen LogP contribution in [0.4, 0.5) is 29.0 Å². The van der Waals surface area contributed by atoms with Gasteiger partial charge in [-0.3, -0.25) is 5.10 Å². The van der Waals surface area contributed by atoms with Gasteiger partial charge in [-0.05, 0) is 30.3 Å². The molecule has 25 heavy (non-hydrogen) atoms. The first-order valence-corrected chi connectivity index (χ1v) is 8.35. The quantitative estimate of drug-likeness (QED) is 0.499. The second kappa shape index (κ2) is 6.52. The molecular formula is C13H13N9O2S. The van der Waals surface area contributed by atoms with Crippen LogP contribution in [-0.4, -0.2) is 28.6 Å². The minimum Gasteiger partial charge on any atom is -0.382 e. The van der Waals surface area contributed by atoms with Crippen molar-refractivity contribution < 1.29 is 8.42 Å². The third kappa shape index (κ3) is 3.69. The van der Waals surface area contributed by atoms with Crippen molar-refractivity contribution in [2.45, 2.75) is 4.90 Å². The largest absolute Gasteiger partial charge is 0.382 e. The standard InChI is InChI=1S/C13H13N9O2S/c14-11-10(12(15)21-20-11)19-18-8-2-4-9(5-3-8)25(23,24)22-13-16-6-1-7-17-13/h1-7H,(H,16,17,22)(H5,14,15,20,21). The number of H-pyrrole nitrogens is 1. The summed E-state index contributed by atoms with van der Waals surface area (Å²) in [7, 11) is -3.80. The minimum atomic E-state index is -3.80. The van der Waals surface area contributed by atoms with Crippen molar-refractivity contribution in [1.82, 2.24) is 20.2 Å². The average molecular weight is 359 g/mol. The Hall–Kier alpha value is -3.54. The molecule has 11 nitrogen and oxygen atoms in total. The summed E-state index contributed by atoms with van der Waals surface area (Å²) in [5, 5.41) is 14.0. The summed E-state index contributed by atoms with van der Waals surface area (Å²) in [4.78, 5) is 7.66. The van der Waals surface area contributed by atoms with Crippen molar-refractivity contribution in [3.8, 4) is 0 Å². The van der Waals surface area contributed by atoms with Gasteiger partial charge in [0, 0.05) is 12.4 Å². The lowest BCUT2D eigenvalue weighted by Gasteiger charge is -2.06. The Balaban J connectivity index is 1.78. The van der Waals surface area contributed by atoms with Gasteiger partial charge >= 0.3 is 0 Å². The topological polar surface area (TPSA) is 177 Å². The highest BCUT2D eigenvalue weighted by Gasteiger charge is 2.15. The Kier molecular flexibility index (Phi) is 4.26. The summed E-state index contributed by atoms with van der Waals surface area (Å²) >= 11 is 0. The molecule has 128 valence electrons. The number of hydrogen-bond donors (Lipinski definition) is 4. The van der Waals surface area contributed by atoms with E-state index in [1.807, 2.05) is 0 Å². The number of nitrogens with two attached hydrogens (primary N) is 2. The van der Waals surface area contributed by atoms with Crippen molar-refractivity contribution in [3.63, 3.8) is 0 Å². The summed E-state index contributed by atoms with van der Waals surface area (Å²) in [5.74, 6) is 0.289. The number of benzene rings is 1. The smallest absolute Gasteiger partial charge is 0.264 e. The Bertz CT molecular complexity index is 978. The van der Waals surface area contributed by atoms with E-state index in [9.17, 15) is 8.42 Å². The van der Waals surface area contributed by atoms with Gasteiger partial charge in [-0.15, -0.1) is 5.11 Å². The molecule has 0 aliphatic heterocycles. The molecule has 0 unspecified atom stereocenters. The van der Waals surface area contributed by atoms with Gasteiger partial charge < -0.3 is 11.5 Å². The third-order valence-corrected chi connectivity index (χ3v) is 4.34. The fraction of sp³-hybridized carbons (Fsp3) is 0. The van der Waals surface area contributed by atoms with Crippen LogP contribution in [0.25, 0.3) is 0 Å². The van der Waals surface area contributed by atoms with Crippen LogP contribution < -0.4 is 16.2 Å². The molecule has 3 aromatic rings. The third-order valence-electron chi connectivity index (χ3n) is 3.00. The van der Waals surface area contributed by atoms with Gasteiger partial charge in [-0.1, -0.05) is 0 Å². The first-order valence-electron chi connectivity index (χ1n) is 6.87. The van der Waals surface area contributed by atoms with E-state index in [4.69, 9.17) is 11.5 Å². The Morgan fingerprint density at radius 2 is 1.72 bits per heavy atom. The Morgan fingerprint density at radius 1 is 1.04 bits per heavy atom. The first-order chi connectivity index (χ1) is 12.0. The molecule has 0 fully saturated rings. The molecule has 3 rings (SSSR count). The van der Waals surface area contributed by atoms with Gasteiger partial charge in [-0.2, -0.15) is 10.2 Å². The lowest BCUT2D eigenvalue weighted by molar-refractivity contribution is 0.601. The average Bonchev–Trinajstić information content (AvgIpc) is 2.92. The molecule has 1 aromatic carbocycles. The number of aromatic nitrogens is 4. The molecule has 2 heterocycles. The molecule has 2 aromatic heterocycles. The van der Waals surface area contributed by atoms with Crippen molar-refractivity contribution >= 4 is 39.0 Å². The SMILES string of the molecule is Nc1n[nH]c(N)c1N=Nc1ccc(S(=O)(=O)Nc2ncccn2)cc1. The van der Waals surface area contributed by atoms with Crippen molar-refractivity contribution in [1.29, 1.82) is 0 Å². The number of rotatable bonds is 5. The molecule has 0 aliphatic carbocycles. The van der Waals surface area contributed by atoms with Crippen LogP contribution in [0.15, 0.2) is 57.8 Å². The van der Waals surface area contributed by atoms with E-state index in [0.717, 1.165) is 0 Å². The highest BCUT2D eigenvalue weighted by atomic mass is 32.2. The van der Waals surface area contributed by atoms with E-state index in [2.05, 4.69) is 35.1 Å². The van der Waals surface area contributed by atoms with E-state index in [1.165, 1.54) is 36.7 Å². The summed E-state index contributed by atoms with van der Waals surface area (Å²) in [6.45, 7) is 0. The van der Waals surface area contributed by atoms with Gasteiger partial charge in [0.05, 0.1) is 10.6 Å². The van der Waals surface area contributed by atoms with Gasteiger partial charge in [0.1, 0.15) is 5.82 Å². The van der Waals surface area contributed by atoms with E-state index in [1.54, 1.807) is 6.07 Å². The maximum atomic E-state index is 12.3. The molecule has 0 spiro atoms. The molecular weight excluding hydrogens is 346 g/mol.